The van der Waals surface area contributed by atoms with E-state index < -0.39 is 0 Å². The zero-order valence-electron chi connectivity index (χ0n) is 12.6. The van der Waals surface area contributed by atoms with Crippen LogP contribution in [0.2, 0.25) is 0 Å². The number of aryl methyl sites for hydroxylation is 1. The highest BCUT2D eigenvalue weighted by Crippen LogP contribution is 2.01. The molecule has 21 heavy (non-hydrogen) atoms. The van der Waals surface area contributed by atoms with E-state index in [2.05, 4.69) is 22.5 Å². The van der Waals surface area contributed by atoms with Crippen molar-refractivity contribution in [2.24, 2.45) is 7.05 Å². The zero-order valence-corrected chi connectivity index (χ0v) is 12.6. The van der Waals surface area contributed by atoms with Crippen molar-refractivity contribution in [3.05, 3.63) is 53.9 Å². The van der Waals surface area contributed by atoms with Crippen molar-refractivity contribution in [3.8, 4) is 0 Å². The van der Waals surface area contributed by atoms with Crippen LogP contribution in [0.4, 0.5) is 0 Å². The summed E-state index contributed by atoms with van der Waals surface area (Å²) in [6, 6.07) is 10.2. The summed E-state index contributed by atoms with van der Waals surface area (Å²) in [4.78, 5) is 13.8. The molecule has 2 aromatic rings. The van der Waals surface area contributed by atoms with Gasteiger partial charge in [0.05, 0.1) is 12.7 Å². The van der Waals surface area contributed by atoms with Crippen LogP contribution in [-0.4, -0.2) is 40.7 Å². The topological polar surface area (TPSA) is 50.2 Å². The highest BCUT2D eigenvalue weighted by atomic mass is 16.2. The summed E-state index contributed by atoms with van der Waals surface area (Å²) in [7, 11) is 3.82. The fourth-order valence-corrected chi connectivity index (χ4v) is 2.21. The monoisotopic (exact) mass is 286 g/mol. The maximum absolute atomic E-state index is 11.9. The van der Waals surface area contributed by atoms with Gasteiger partial charge in [0.25, 0.3) is 0 Å². The second-order valence-electron chi connectivity index (χ2n) is 5.28. The first-order valence-corrected chi connectivity index (χ1v) is 7.10. The van der Waals surface area contributed by atoms with Gasteiger partial charge in [0, 0.05) is 31.9 Å². The van der Waals surface area contributed by atoms with Gasteiger partial charge in [-0.2, -0.15) is 5.10 Å². The summed E-state index contributed by atoms with van der Waals surface area (Å²) in [6.07, 6.45) is 4.65. The predicted octanol–water partition coefficient (Wildman–Crippen LogP) is 1.21. The molecule has 0 aliphatic heterocycles. The van der Waals surface area contributed by atoms with E-state index in [-0.39, 0.29) is 5.91 Å². The molecule has 2 rings (SSSR count). The Hall–Kier alpha value is -2.14. The number of rotatable bonds is 7. The molecule has 1 aromatic heterocycles. The highest BCUT2D eigenvalue weighted by Gasteiger charge is 2.07. The van der Waals surface area contributed by atoms with Crippen LogP contribution < -0.4 is 5.32 Å². The Kier molecular flexibility index (Phi) is 5.51. The van der Waals surface area contributed by atoms with Crippen LogP contribution in [0.1, 0.15) is 11.1 Å². The maximum atomic E-state index is 11.9. The number of carbonyl (C=O) groups excluding carboxylic acids is 1. The molecule has 0 aliphatic rings. The van der Waals surface area contributed by atoms with Crippen LogP contribution >= 0.6 is 0 Å². The summed E-state index contributed by atoms with van der Waals surface area (Å²) in [5, 5.41) is 7.07. The first-order chi connectivity index (χ1) is 10.1. The Balaban J connectivity index is 1.67. The van der Waals surface area contributed by atoms with Gasteiger partial charge in [-0.1, -0.05) is 30.3 Å². The van der Waals surface area contributed by atoms with E-state index in [0.717, 1.165) is 18.5 Å². The van der Waals surface area contributed by atoms with E-state index in [9.17, 15) is 4.79 Å². The molecule has 0 fully saturated rings. The summed E-state index contributed by atoms with van der Waals surface area (Å²) in [5.41, 5.74) is 2.35. The van der Waals surface area contributed by atoms with E-state index >= 15 is 0 Å². The number of nitrogens with zero attached hydrogens (tertiary/aromatic N) is 3. The van der Waals surface area contributed by atoms with Gasteiger partial charge in [0.15, 0.2) is 0 Å². The minimum Gasteiger partial charge on any atom is -0.355 e. The van der Waals surface area contributed by atoms with Gasteiger partial charge < -0.3 is 5.32 Å². The van der Waals surface area contributed by atoms with Crippen LogP contribution in [0.5, 0.6) is 0 Å². The van der Waals surface area contributed by atoms with Gasteiger partial charge in [-0.3, -0.25) is 14.4 Å². The normalized spacial score (nSPS) is 10.8. The van der Waals surface area contributed by atoms with Crippen molar-refractivity contribution in [1.29, 1.82) is 0 Å². The third kappa shape index (κ3) is 5.39. The lowest BCUT2D eigenvalue weighted by molar-refractivity contribution is -0.122. The first-order valence-electron chi connectivity index (χ1n) is 7.10. The second-order valence-corrected chi connectivity index (χ2v) is 5.28. The van der Waals surface area contributed by atoms with Crippen molar-refractivity contribution < 1.29 is 4.79 Å². The van der Waals surface area contributed by atoms with Gasteiger partial charge in [-0.15, -0.1) is 0 Å². The molecule has 1 N–H and O–H groups in total. The van der Waals surface area contributed by atoms with Crippen LogP contribution in [-0.2, 0) is 24.8 Å². The smallest absolute Gasteiger partial charge is 0.234 e. The van der Waals surface area contributed by atoms with Gasteiger partial charge in [0.2, 0.25) is 5.91 Å². The standard InChI is InChI=1S/C16H22N4O/c1-19(11-15-10-18-20(2)12-15)13-16(21)17-9-8-14-6-4-3-5-7-14/h3-7,10,12H,8-9,11,13H2,1-2H3,(H,17,21). The minimum atomic E-state index is 0.0531. The van der Waals surface area contributed by atoms with Gasteiger partial charge in [0.1, 0.15) is 0 Å². The zero-order chi connectivity index (χ0) is 15.1. The second kappa shape index (κ2) is 7.59. The molecular formula is C16H22N4O. The number of carbonyl (C=O) groups is 1. The quantitative estimate of drug-likeness (QED) is 0.832. The van der Waals surface area contributed by atoms with Crippen LogP contribution in [0.15, 0.2) is 42.7 Å². The minimum absolute atomic E-state index is 0.0531. The molecule has 0 saturated heterocycles. The lowest BCUT2D eigenvalue weighted by Crippen LogP contribution is -2.35. The molecule has 1 amide bonds. The average Bonchev–Trinajstić information content (AvgIpc) is 2.85. The first kappa shape index (κ1) is 15.3. The van der Waals surface area contributed by atoms with Gasteiger partial charge >= 0.3 is 0 Å². The van der Waals surface area contributed by atoms with E-state index in [1.54, 1.807) is 4.68 Å². The summed E-state index contributed by atoms with van der Waals surface area (Å²) in [5.74, 6) is 0.0531. The van der Waals surface area contributed by atoms with E-state index in [1.807, 2.05) is 49.6 Å². The molecule has 1 heterocycles. The number of aromatic nitrogens is 2. The van der Waals surface area contributed by atoms with Crippen molar-refractivity contribution in [3.63, 3.8) is 0 Å². The fraction of sp³-hybridized carbons (Fsp3) is 0.375. The van der Waals surface area contributed by atoms with Crippen molar-refractivity contribution in [1.82, 2.24) is 20.0 Å². The van der Waals surface area contributed by atoms with Crippen molar-refractivity contribution in [2.75, 3.05) is 20.1 Å². The lowest BCUT2D eigenvalue weighted by atomic mass is 10.1. The van der Waals surface area contributed by atoms with E-state index in [1.165, 1.54) is 5.56 Å². The van der Waals surface area contributed by atoms with Gasteiger partial charge in [-0.05, 0) is 19.0 Å². The Morgan fingerprint density at radius 3 is 2.71 bits per heavy atom. The number of likely N-dealkylation sites (N-methyl/N-ethyl adjacent to an activating group) is 1. The van der Waals surface area contributed by atoms with Crippen LogP contribution in [0.3, 0.4) is 0 Å². The van der Waals surface area contributed by atoms with E-state index in [4.69, 9.17) is 0 Å². The van der Waals surface area contributed by atoms with Crippen LogP contribution in [0, 0.1) is 0 Å². The molecule has 0 radical (unpaired) electrons. The molecule has 1 aromatic carbocycles. The number of amides is 1. The average molecular weight is 286 g/mol. The molecule has 0 unspecified atom stereocenters. The third-order valence-electron chi connectivity index (χ3n) is 3.20. The summed E-state index contributed by atoms with van der Waals surface area (Å²) in [6.45, 7) is 1.78. The van der Waals surface area contributed by atoms with Crippen molar-refractivity contribution in [2.45, 2.75) is 13.0 Å². The number of hydrogen-bond acceptors (Lipinski definition) is 3. The predicted molar refractivity (Wildman–Crippen MR) is 82.7 cm³/mol. The van der Waals surface area contributed by atoms with E-state index in [0.29, 0.717) is 13.1 Å². The number of benzene rings is 1. The Morgan fingerprint density at radius 1 is 1.29 bits per heavy atom. The highest BCUT2D eigenvalue weighted by molar-refractivity contribution is 5.77. The Morgan fingerprint density at radius 2 is 2.05 bits per heavy atom. The summed E-state index contributed by atoms with van der Waals surface area (Å²) >= 11 is 0. The molecule has 0 atom stereocenters. The SMILES string of the molecule is CN(CC(=O)NCCc1ccccc1)Cc1cnn(C)c1. The molecule has 0 bridgehead atoms. The van der Waals surface area contributed by atoms with Crippen molar-refractivity contribution >= 4 is 5.91 Å². The Bertz CT molecular complexity index is 565. The molecule has 0 saturated carbocycles. The van der Waals surface area contributed by atoms with Crippen LogP contribution in [0.25, 0.3) is 0 Å². The molecule has 5 heteroatoms. The molecule has 5 nitrogen and oxygen atoms in total. The number of hydrogen-bond donors (Lipinski definition) is 1. The largest absolute Gasteiger partial charge is 0.355 e. The molecular weight excluding hydrogens is 264 g/mol. The molecule has 0 aliphatic carbocycles. The Labute approximate surface area is 125 Å². The molecule has 112 valence electrons. The lowest BCUT2D eigenvalue weighted by Gasteiger charge is -2.15. The molecule has 0 spiro atoms. The third-order valence-corrected chi connectivity index (χ3v) is 3.20. The summed E-state index contributed by atoms with van der Waals surface area (Å²) < 4.78 is 1.77. The van der Waals surface area contributed by atoms with Gasteiger partial charge in [-0.25, -0.2) is 0 Å². The fourth-order valence-electron chi connectivity index (χ4n) is 2.21. The maximum Gasteiger partial charge on any atom is 0.234 e. The number of nitrogens with one attached hydrogen (secondary N) is 1.